The molecule has 6 nitrogen and oxygen atoms in total. The monoisotopic (exact) mass is 393 g/mol. The van der Waals surface area contributed by atoms with Gasteiger partial charge in [-0.05, 0) is 64.0 Å². The van der Waals surface area contributed by atoms with Gasteiger partial charge in [0.15, 0.2) is 0 Å². The SMILES string of the molecule is Cc1ccc2c(c1)[C@@H](NC(=O)NC1CCN(c3cc(C)nc(C)n3)CC1)CCC2. The molecule has 0 unspecified atom stereocenters. The second-order valence-corrected chi connectivity index (χ2v) is 8.44. The first-order chi connectivity index (χ1) is 14.0. The Morgan fingerprint density at radius 1 is 1.03 bits per heavy atom. The first-order valence-corrected chi connectivity index (χ1v) is 10.7. The van der Waals surface area contributed by atoms with Crippen LogP contribution in [0.25, 0.3) is 0 Å². The van der Waals surface area contributed by atoms with E-state index in [4.69, 9.17) is 0 Å². The number of carbonyl (C=O) groups is 1. The summed E-state index contributed by atoms with van der Waals surface area (Å²) >= 11 is 0. The fourth-order valence-electron chi connectivity index (χ4n) is 4.57. The van der Waals surface area contributed by atoms with Crippen LogP contribution in [0, 0.1) is 20.8 Å². The number of urea groups is 1. The van der Waals surface area contributed by atoms with Crippen molar-refractivity contribution in [2.24, 2.45) is 0 Å². The Balaban J connectivity index is 1.31. The minimum absolute atomic E-state index is 0.0449. The number of piperidine rings is 1. The number of rotatable bonds is 3. The number of nitrogens with one attached hydrogen (secondary N) is 2. The van der Waals surface area contributed by atoms with Crippen LogP contribution in [-0.4, -0.2) is 35.1 Å². The molecule has 1 atom stereocenters. The topological polar surface area (TPSA) is 70.2 Å². The number of amides is 2. The lowest BCUT2D eigenvalue weighted by Gasteiger charge is -2.34. The van der Waals surface area contributed by atoms with E-state index in [9.17, 15) is 4.79 Å². The van der Waals surface area contributed by atoms with E-state index in [0.717, 1.165) is 62.5 Å². The average Bonchev–Trinajstić information content (AvgIpc) is 2.68. The fraction of sp³-hybridized carbons (Fsp3) is 0.522. The van der Waals surface area contributed by atoms with Crippen molar-refractivity contribution in [1.82, 2.24) is 20.6 Å². The molecule has 0 radical (unpaired) electrons. The number of anilines is 1. The van der Waals surface area contributed by atoms with Gasteiger partial charge in [0.1, 0.15) is 11.6 Å². The van der Waals surface area contributed by atoms with Gasteiger partial charge in [0.25, 0.3) is 0 Å². The Morgan fingerprint density at radius 3 is 2.59 bits per heavy atom. The maximum atomic E-state index is 12.7. The van der Waals surface area contributed by atoms with Gasteiger partial charge < -0.3 is 15.5 Å². The van der Waals surface area contributed by atoms with E-state index >= 15 is 0 Å². The van der Waals surface area contributed by atoms with Crippen LogP contribution >= 0.6 is 0 Å². The van der Waals surface area contributed by atoms with Crippen LogP contribution in [0.3, 0.4) is 0 Å². The summed E-state index contributed by atoms with van der Waals surface area (Å²) in [6, 6.07) is 8.91. The molecule has 1 aliphatic heterocycles. The largest absolute Gasteiger partial charge is 0.356 e. The lowest BCUT2D eigenvalue weighted by atomic mass is 9.87. The van der Waals surface area contributed by atoms with Crippen LogP contribution in [-0.2, 0) is 6.42 Å². The Labute approximate surface area is 173 Å². The number of hydrogen-bond donors (Lipinski definition) is 2. The van der Waals surface area contributed by atoms with Crippen molar-refractivity contribution in [3.8, 4) is 0 Å². The molecule has 1 aromatic heterocycles. The molecule has 4 rings (SSSR count). The van der Waals surface area contributed by atoms with Gasteiger partial charge in [-0.15, -0.1) is 0 Å². The quantitative estimate of drug-likeness (QED) is 0.833. The van der Waals surface area contributed by atoms with Gasteiger partial charge in [-0.1, -0.05) is 23.8 Å². The molecule has 2 amide bonds. The predicted molar refractivity (Wildman–Crippen MR) is 115 cm³/mol. The van der Waals surface area contributed by atoms with Gasteiger partial charge in [0.05, 0.1) is 6.04 Å². The summed E-state index contributed by atoms with van der Waals surface area (Å²) in [6.45, 7) is 7.83. The molecule has 2 N–H and O–H groups in total. The maximum absolute atomic E-state index is 12.7. The van der Waals surface area contributed by atoms with Gasteiger partial charge >= 0.3 is 6.03 Å². The third-order valence-corrected chi connectivity index (χ3v) is 6.03. The van der Waals surface area contributed by atoms with Crippen LogP contribution in [0.2, 0.25) is 0 Å². The minimum atomic E-state index is -0.0449. The van der Waals surface area contributed by atoms with E-state index in [1.54, 1.807) is 0 Å². The molecule has 0 bridgehead atoms. The van der Waals surface area contributed by atoms with Crippen LogP contribution < -0.4 is 15.5 Å². The molecule has 1 saturated heterocycles. The third kappa shape index (κ3) is 4.69. The number of aryl methyl sites for hydroxylation is 4. The zero-order valence-electron chi connectivity index (χ0n) is 17.7. The summed E-state index contributed by atoms with van der Waals surface area (Å²) in [7, 11) is 0. The number of aromatic nitrogens is 2. The van der Waals surface area contributed by atoms with E-state index in [1.807, 2.05) is 19.9 Å². The number of carbonyl (C=O) groups excluding carboxylic acids is 1. The highest BCUT2D eigenvalue weighted by Gasteiger charge is 2.25. The first-order valence-electron chi connectivity index (χ1n) is 10.7. The van der Waals surface area contributed by atoms with Gasteiger partial charge in [0, 0.05) is 30.9 Å². The highest BCUT2D eigenvalue weighted by atomic mass is 16.2. The fourth-order valence-corrected chi connectivity index (χ4v) is 4.57. The number of benzene rings is 1. The molecule has 2 aliphatic rings. The molecule has 2 heterocycles. The number of hydrogen-bond acceptors (Lipinski definition) is 4. The average molecular weight is 394 g/mol. The molecule has 1 aliphatic carbocycles. The summed E-state index contributed by atoms with van der Waals surface area (Å²) < 4.78 is 0. The lowest BCUT2D eigenvalue weighted by Crippen LogP contribution is -2.49. The number of nitrogens with zero attached hydrogens (tertiary/aromatic N) is 3. The van der Waals surface area contributed by atoms with E-state index in [1.165, 1.54) is 16.7 Å². The molecule has 1 aromatic carbocycles. The van der Waals surface area contributed by atoms with Crippen LogP contribution in [0.1, 0.15) is 59.9 Å². The standard InChI is InChI=1S/C23H31N5O/c1-15-7-8-18-5-4-6-21(20(18)13-15)27-23(29)26-19-9-11-28(12-10-19)22-14-16(2)24-17(3)25-22/h7-8,13-14,19,21H,4-6,9-12H2,1-3H3,(H2,26,27,29)/t21-/m0/s1. The van der Waals surface area contributed by atoms with Gasteiger partial charge in [0.2, 0.25) is 0 Å². The van der Waals surface area contributed by atoms with Crippen molar-refractivity contribution < 1.29 is 4.79 Å². The lowest BCUT2D eigenvalue weighted by molar-refractivity contribution is 0.229. The Kier molecular flexibility index (Phi) is 5.69. The van der Waals surface area contributed by atoms with Gasteiger partial charge in [-0.3, -0.25) is 0 Å². The third-order valence-electron chi connectivity index (χ3n) is 6.03. The molecule has 6 heteroatoms. The highest BCUT2D eigenvalue weighted by molar-refractivity contribution is 5.75. The molecule has 0 saturated carbocycles. The van der Waals surface area contributed by atoms with Crippen molar-refractivity contribution in [3.05, 3.63) is 52.5 Å². The smallest absolute Gasteiger partial charge is 0.315 e. The van der Waals surface area contributed by atoms with Gasteiger partial charge in [-0.2, -0.15) is 0 Å². The summed E-state index contributed by atoms with van der Waals surface area (Å²) in [5.74, 6) is 1.80. The Morgan fingerprint density at radius 2 is 1.83 bits per heavy atom. The zero-order chi connectivity index (χ0) is 20.4. The number of fused-ring (bicyclic) bond motifs is 1. The first kappa shape index (κ1) is 19.7. The molecule has 1 fully saturated rings. The van der Waals surface area contributed by atoms with E-state index in [-0.39, 0.29) is 18.1 Å². The molecular weight excluding hydrogens is 362 g/mol. The van der Waals surface area contributed by atoms with Crippen LogP contribution in [0.15, 0.2) is 24.3 Å². The Bertz CT molecular complexity index is 869. The van der Waals surface area contributed by atoms with Crippen molar-refractivity contribution >= 4 is 11.8 Å². The normalized spacial score (nSPS) is 19.6. The molecule has 154 valence electrons. The predicted octanol–water partition coefficient (Wildman–Crippen LogP) is 3.75. The summed E-state index contributed by atoms with van der Waals surface area (Å²) in [6.07, 6.45) is 5.09. The van der Waals surface area contributed by atoms with E-state index in [2.05, 4.69) is 50.6 Å². The van der Waals surface area contributed by atoms with Crippen LogP contribution in [0.4, 0.5) is 10.6 Å². The maximum Gasteiger partial charge on any atom is 0.315 e. The molecule has 29 heavy (non-hydrogen) atoms. The second kappa shape index (κ2) is 8.39. The van der Waals surface area contributed by atoms with Crippen molar-refractivity contribution in [2.45, 2.75) is 65.0 Å². The molecular formula is C23H31N5O. The van der Waals surface area contributed by atoms with Crippen molar-refractivity contribution in [3.63, 3.8) is 0 Å². The summed E-state index contributed by atoms with van der Waals surface area (Å²) in [5.41, 5.74) is 4.90. The molecule has 2 aromatic rings. The van der Waals surface area contributed by atoms with Gasteiger partial charge in [-0.25, -0.2) is 14.8 Å². The van der Waals surface area contributed by atoms with E-state index in [0.29, 0.717) is 0 Å². The second-order valence-electron chi connectivity index (χ2n) is 8.44. The van der Waals surface area contributed by atoms with Crippen LogP contribution in [0.5, 0.6) is 0 Å². The Hall–Kier alpha value is -2.63. The summed E-state index contributed by atoms with van der Waals surface area (Å²) in [5, 5.41) is 6.42. The van der Waals surface area contributed by atoms with Crippen molar-refractivity contribution in [2.75, 3.05) is 18.0 Å². The van der Waals surface area contributed by atoms with E-state index < -0.39 is 0 Å². The highest BCUT2D eigenvalue weighted by Crippen LogP contribution is 2.30. The summed E-state index contributed by atoms with van der Waals surface area (Å²) in [4.78, 5) is 23.9. The minimum Gasteiger partial charge on any atom is -0.356 e. The molecule has 0 spiro atoms. The van der Waals surface area contributed by atoms with Crippen molar-refractivity contribution in [1.29, 1.82) is 0 Å². The zero-order valence-corrected chi connectivity index (χ0v) is 17.7.